The molecule has 96 valence electrons. The lowest BCUT2D eigenvalue weighted by atomic mass is 10.2. The van der Waals surface area contributed by atoms with Crippen LogP contribution in [0.15, 0.2) is 35.3 Å². The number of methoxy groups -OCH3 is 1. The topological polar surface area (TPSA) is 67.9 Å². The molecule has 0 bridgehead atoms. The molecule has 0 atom stereocenters. The predicted molar refractivity (Wildman–Crippen MR) is 70.0 cm³/mol. The summed E-state index contributed by atoms with van der Waals surface area (Å²) in [5, 5.41) is 13.0. The van der Waals surface area contributed by atoms with Crippen molar-refractivity contribution in [3.8, 4) is 11.8 Å². The van der Waals surface area contributed by atoms with Crippen LogP contribution in [-0.4, -0.2) is 16.9 Å². The highest BCUT2D eigenvalue weighted by molar-refractivity contribution is 5.32. The zero-order valence-electron chi connectivity index (χ0n) is 10.8. The first-order valence-electron chi connectivity index (χ1n) is 5.75. The number of hydrogen-bond donors (Lipinski definition) is 0. The van der Waals surface area contributed by atoms with E-state index in [1.54, 1.807) is 14.0 Å². The zero-order chi connectivity index (χ0) is 13.8. The number of rotatable bonds is 3. The molecule has 1 aromatic heterocycles. The number of nitrogens with zero attached hydrogens (tertiary/aromatic N) is 3. The highest BCUT2D eigenvalue weighted by Crippen LogP contribution is 2.11. The van der Waals surface area contributed by atoms with Gasteiger partial charge in [0.1, 0.15) is 17.4 Å². The normalized spacial score (nSPS) is 9.95. The molecule has 0 radical (unpaired) electrons. The van der Waals surface area contributed by atoms with Gasteiger partial charge in [0, 0.05) is 0 Å². The highest BCUT2D eigenvalue weighted by atomic mass is 16.5. The molecular formula is C14H13N3O2. The second-order valence-corrected chi connectivity index (χ2v) is 4.13. The Kier molecular flexibility index (Phi) is 3.62. The minimum absolute atomic E-state index is 0.142. The van der Waals surface area contributed by atoms with Gasteiger partial charge < -0.3 is 4.74 Å². The number of benzene rings is 1. The van der Waals surface area contributed by atoms with Gasteiger partial charge in [-0.15, -0.1) is 0 Å². The van der Waals surface area contributed by atoms with Crippen molar-refractivity contribution in [3.05, 3.63) is 57.5 Å². The van der Waals surface area contributed by atoms with Gasteiger partial charge in [-0.3, -0.25) is 4.79 Å². The van der Waals surface area contributed by atoms with Crippen molar-refractivity contribution in [1.82, 2.24) is 9.78 Å². The Morgan fingerprint density at radius 1 is 1.37 bits per heavy atom. The van der Waals surface area contributed by atoms with E-state index >= 15 is 0 Å². The van der Waals surface area contributed by atoms with Crippen LogP contribution in [0.4, 0.5) is 0 Å². The Morgan fingerprint density at radius 2 is 2.05 bits per heavy atom. The Hall–Kier alpha value is -2.61. The van der Waals surface area contributed by atoms with E-state index in [0.717, 1.165) is 11.3 Å². The molecule has 0 saturated carbocycles. The molecule has 5 nitrogen and oxygen atoms in total. The highest BCUT2D eigenvalue weighted by Gasteiger charge is 2.08. The van der Waals surface area contributed by atoms with Crippen LogP contribution in [-0.2, 0) is 6.54 Å². The monoisotopic (exact) mass is 255 g/mol. The van der Waals surface area contributed by atoms with Crippen molar-refractivity contribution in [2.45, 2.75) is 13.5 Å². The van der Waals surface area contributed by atoms with Crippen LogP contribution in [0.5, 0.6) is 5.75 Å². The van der Waals surface area contributed by atoms with Crippen LogP contribution in [0.3, 0.4) is 0 Å². The fraction of sp³-hybridized carbons (Fsp3) is 0.214. The summed E-state index contributed by atoms with van der Waals surface area (Å²) in [5.41, 5.74) is 1.29. The summed E-state index contributed by atoms with van der Waals surface area (Å²) >= 11 is 0. The third-order valence-corrected chi connectivity index (χ3v) is 2.84. The van der Waals surface area contributed by atoms with E-state index in [9.17, 15) is 4.79 Å². The fourth-order valence-corrected chi connectivity index (χ4v) is 1.72. The molecule has 0 aliphatic carbocycles. The first-order valence-corrected chi connectivity index (χ1v) is 5.75. The van der Waals surface area contributed by atoms with E-state index in [1.165, 1.54) is 10.9 Å². The molecule has 0 unspecified atom stereocenters. The largest absolute Gasteiger partial charge is 0.497 e. The Morgan fingerprint density at radius 3 is 2.63 bits per heavy atom. The molecule has 0 spiro atoms. The van der Waals surface area contributed by atoms with E-state index in [0.29, 0.717) is 12.1 Å². The SMILES string of the molecule is COc1ccc(Cn2ncc(C)c(C#N)c2=O)cc1. The van der Waals surface area contributed by atoms with Gasteiger partial charge in [0.25, 0.3) is 5.56 Å². The molecule has 1 heterocycles. The minimum Gasteiger partial charge on any atom is -0.497 e. The number of nitriles is 1. The molecule has 0 aliphatic heterocycles. The van der Waals surface area contributed by atoms with E-state index in [4.69, 9.17) is 10.00 Å². The lowest BCUT2D eigenvalue weighted by molar-refractivity contribution is 0.414. The molecule has 0 aliphatic rings. The molecule has 5 heteroatoms. The smallest absolute Gasteiger partial charge is 0.285 e. The Balaban J connectivity index is 2.34. The summed E-state index contributed by atoms with van der Waals surface area (Å²) < 4.78 is 6.35. The number of ether oxygens (including phenoxy) is 1. The van der Waals surface area contributed by atoms with Gasteiger partial charge in [0.15, 0.2) is 0 Å². The third kappa shape index (κ3) is 2.63. The van der Waals surface area contributed by atoms with Crippen LogP contribution < -0.4 is 10.3 Å². The summed E-state index contributed by atoms with van der Waals surface area (Å²) in [6.07, 6.45) is 1.53. The van der Waals surface area contributed by atoms with Gasteiger partial charge in [0.05, 0.1) is 19.9 Å². The number of aromatic nitrogens is 2. The van der Waals surface area contributed by atoms with Crippen LogP contribution in [0.1, 0.15) is 16.7 Å². The summed E-state index contributed by atoms with van der Waals surface area (Å²) in [7, 11) is 1.60. The molecule has 0 saturated heterocycles. The first kappa shape index (κ1) is 12.8. The van der Waals surface area contributed by atoms with Crippen LogP contribution in [0.25, 0.3) is 0 Å². The lowest BCUT2D eigenvalue weighted by Crippen LogP contribution is -2.26. The standard InChI is InChI=1S/C14H13N3O2/c1-10-8-16-17(14(18)13(10)7-15)9-11-3-5-12(19-2)6-4-11/h3-6,8H,9H2,1-2H3. The van der Waals surface area contributed by atoms with E-state index in [1.807, 2.05) is 30.3 Å². The van der Waals surface area contributed by atoms with Crippen molar-refractivity contribution >= 4 is 0 Å². The zero-order valence-corrected chi connectivity index (χ0v) is 10.8. The van der Waals surface area contributed by atoms with Crippen molar-refractivity contribution in [1.29, 1.82) is 5.26 Å². The van der Waals surface area contributed by atoms with Gasteiger partial charge in [-0.25, -0.2) is 4.68 Å². The maximum atomic E-state index is 12.0. The molecule has 19 heavy (non-hydrogen) atoms. The summed E-state index contributed by atoms with van der Waals surface area (Å²) in [6.45, 7) is 2.03. The molecule has 0 fully saturated rings. The second-order valence-electron chi connectivity index (χ2n) is 4.13. The summed E-state index contributed by atoms with van der Waals surface area (Å²) in [4.78, 5) is 12.0. The van der Waals surface area contributed by atoms with Gasteiger partial charge in [-0.05, 0) is 30.2 Å². The summed E-state index contributed by atoms with van der Waals surface area (Å²) in [5.74, 6) is 0.755. The average molecular weight is 255 g/mol. The van der Waals surface area contributed by atoms with E-state index in [-0.39, 0.29) is 11.1 Å². The van der Waals surface area contributed by atoms with Crippen LogP contribution >= 0.6 is 0 Å². The summed E-state index contributed by atoms with van der Waals surface area (Å²) in [6, 6.07) is 9.27. The van der Waals surface area contributed by atoms with E-state index in [2.05, 4.69) is 5.10 Å². The van der Waals surface area contributed by atoms with Gasteiger partial charge in [0.2, 0.25) is 0 Å². The van der Waals surface area contributed by atoms with Gasteiger partial charge in [-0.2, -0.15) is 10.4 Å². The van der Waals surface area contributed by atoms with Gasteiger partial charge >= 0.3 is 0 Å². The van der Waals surface area contributed by atoms with Crippen molar-refractivity contribution in [2.24, 2.45) is 0 Å². The third-order valence-electron chi connectivity index (χ3n) is 2.84. The quantitative estimate of drug-likeness (QED) is 0.833. The predicted octanol–water partition coefficient (Wildman–Crippen LogP) is 1.48. The molecule has 0 amide bonds. The first-order chi connectivity index (χ1) is 9.15. The van der Waals surface area contributed by atoms with Gasteiger partial charge in [-0.1, -0.05) is 12.1 Å². The Bertz CT molecular complexity index is 681. The molecule has 2 rings (SSSR count). The number of aryl methyl sites for hydroxylation is 1. The lowest BCUT2D eigenvalue weighted by Gasteiger charge is -2.07. The van der Waals surface area contributed by atoms with Crippen LogP contribution in [0.2, 0.25) is 0 Å². The molecule has 0 N–H and O–H groups in total. The molecular weight excluding hydrogens is 242 g/mol. The average Bonchev–Trinajstić information content (AvgIpc) is 2.43. The second kappa shape index (κ2) is 5.36. The molecule has 2 aromatic rings. The fourth-order valence-electron chi connectivity index (χ4n) is 1.72. The maximum Gasteiger partial charge on any atom is 0.285 e. The van der Waals surface area contributed by atoms with Crippen molar-refractivity contribution in [3.63, 3.8) is 0 Å². The van der Waals surface area contributed by atoms with E-state index < -0.39 is 0 Å². The Labute approximate surface area is 110 Å². The van der Waals surface area contributed by atoms with Crippen molar-refractivity contribution < 1.29 is 4.74 Å². The number of hydrogen-bond acceptors (Lipinski definition) is 4. The van der Waals surface area contributed by atoms with Crippen molar-refractivity contribution in [2.75, 3.05) is 7.11 Å². The maximum absolute atomic E-state index is 12.0. The molecule has 1 aromatic carbocycles. The minimum atomic E-state index is -0.363. The van der Waals surface area contributed by atoms with Crippen LogP contribution in [0, 0.1) is 18.3 Å².